The van der Waals surface area contributed by atoms with Crippen LogP contribution in [0.1, 0.15) is 18.5 Å². The summed E-state index contributed by atoms with van der Waals surface area (Å²) < 4.78 is 40.3. The SMILES string of the molecule is O=C(CCCc1[nH]c(-c2ccc(F)cc2)nc1-c1ccc(F)cc1)N1CCN(c2ccnc(F)c2)CC1. The van der Waals surface area contributed by atoms with Crippen LogP contribution in [0.15, 0.2) is 66.9 Å². The van der Waals surface area contributed by atoms with Gasteiger partial charge in [0.1, 0.15) is 17.5 Å². The lowest BCUT2D eigenvalue weighted by molar-refractivity contribution is -0.131. The van der Waals surface area contributed by atoms with Gasteiger partial charge in [0.2, 0.25) is 11.9 Å². The molecule has 1 fully saturated rings. The smallest absolute Gasteiger partial charge is 0.222 e. The third-order valence-corrected chi connectivity index (χ3v) is 6.54. The number of amides is 1. The molecule has 37 heavy (non-hydrogen) atoms. The Hall–Kier alpha value is -4.14. The molecule has 0 spiro atoms. The normalized spacial score (nSPS) is 13.7. The summed E-state index contributed by atoms with van der Waals surface area (Å²) >= 11 is 0. The molecular formula is C28H26F3N5O. The van der Waals surface area contributed by atoms with Gasteiger partial charge in [0.15, 0.2) is 0 Å². The molecule has 0 unspecified atom stereocenters. The van der Waals surface area contributed by atoms with Gasteiger partial charge < -0.3 is 14.8 Å². The molecule has 1 amide bonds. The van der Waals surface area contributed by atoms with Crippen molar-refractivity contribution in [3.05, 3.63) is 90.1 Å². The van der Waals surface area contributed by atoms with Gasteiger partial charge in [0.05, 0.1) is 5.69 Å². The molecule has 0 radical (unpaired) electrons. The van der Waals surface area contributed by atoms with E-state index >= 15 is 0 Å². The van der Waals surface area contributed by atoms with Gasteiger partial charge in [-0.05, 0) is 67.4 Å². The van der Waals surface area contributed by atoms with Crippen LogP contribution in [-0.2, 0) is 11.2 Å². The highest BCUT2D eigenvalue weighted by molar-refractivity contribution is 5.76. The van der Waals surface area contributed by atoms with E-state index in [9.17, 15) is 18.0 Å². The number of hydrogen-bond acceptors (Lipinski definition) is 4. The number of aryl methyl sites for hydroxylation is 1. The summed E-state index contributed by atoms with van der Waals surface area (Å²) in [6, 6.07) is 15.3. The van der Waals surface area contributed by atoms with Crippen LogP contribution in [0.4, 0.5) is 18.9 Å². The number of halogens is 3. The van der Waals surface area contributed by atoms with E-state index in [2.05, 4.69) is 9.97 Å². The lowest BCUT2D eigenvalue weighted by Crippen LogP contribution is -2.48. The van der Waals surface area contributed by atoms with E-state index in [0.29, 0.717) is 57.0 Å². The average molecular weight is 506 g/mol. The number of pyridine rings is 1. The fourth-order valence-electron chi connectivity index (χ4n) is 4.56. The molecule has 1 saturated heterocycles. The first-order chi connectivity index (χ1) is 18.0. The highest BCUT2D eigenvalue weighted by Crippen LogP contribution is 2.28. The molecule has 0 saturated carbocycles. The lowest BCUT2D eigenvalue weighted by Gasteiger charge is -2.36. The van der Waals surface area contributed by atoms with Gasteiger partial charge in [-0.25, -0.2) is 18.7 Å². The minimum Gasteiger partial charge on any atom is -0.368 e. The number of carbonyl (C=O) groups excluding carboxylic acids is 1. The first-order valence-corrected chi connectivity index (χ1v) is 12.2. The summed E-state index contributed by atoms with van der Waals surface area (Å²) in [5.74, 6) is -0.523. The summed E-state index contributed by atoms with van der Waals surface area (Å²) in [6.45, 7) is 2.40. The number of aromatic nitrogens is 3. The monoisotopic (exact) mass is 505 g/mol. The van der Waals surface area contributed by atoms with Crippen molar-refractivity contribution in [1.82, 2.24) is 19.9 Å². The maximum atomic E-state index is 13.5. The molecule has 2 aromatic heterocycles. The Labute approximate surface area is 212 Å². The molecule has 0 bridgehead atoms. The fourth-order valence-corrected chi connectivity index (χ4v) is 4.56. The largest absolute Gasteiger partial charge is 0.368 e. The minimum atomic E-state index is -0.516. The first-order valence-electron chi connectivity index (χ1n) is 12.2. The Morgan fingerprint density at radius 2 is 1.51 bits per heavy atom. The van der Waals surface area contributed by atoms with Gasteiger partial charge in [0.25, 0.3) is 0 Å². The van der Waals surface area contributed by atoms with Crippen molar-refractivity contribution >= 4 is 11.6 Å². The van der Waals surface area contributed by atoms with E-state index in [-0.39, 0.29) is 17.5 Å². The van der Waals surface area contributed by atoms with E-state index in [1.54, 1.807) is 30.3 Å². The number of imidazole rings is 1. The van der Waals surface area contributed by atoms with E-state index in [4.69, 9.17) is 4.98 Å². The van der Waals surface area contributed by atoms with Crippen molar-refractivity contribution in [2.45, 2.75) is 19.3 Å². The third-order valence-electron chi connectivity index (χ3n) is 6.54. The second kappa shape index (κ2) is 10.9. The number of H-pyrrole nitrogens is 1. The lowest BCUT2D eigenvalue weighted by atomic mass is 10.1. The highest BCUT2D eigenvalue weighted by atomic mass is 19.1. The number of anilines is 1. The quantitative estimate of drug-likeness (QED) is 0.350. The van der Waals surface area contributed by atoms with Crippen LogP contribution < -0.4 is 4.90 Å². The van der Waals surface area contributed by atoms with E-state index in [1.807, 2.05) is 9.80 Å². The Balaban J connectivity index is 1.23. The predicted octanol–water partition coefficient (Wildman–Crippen LogP) is 5.23. The van der Waals surface area contributed by atoms with Gasteiger partial charge in [-0.1, -0.05) is 0 Å². The number of nitrogens with one attached hydrogen (secondary N) is 1. The number of nitrogens with zero attached hydrogens (tertiary/aromatic N) is 4. The number of rotatable bonds is 7. The van der Waals surface area contributed by atoms with Gasteiger partial charge in [-0.15, -0.1) is 0 Å². The van der Waals surface area contributed by atoms with Crippen LogP contribution in [0.3, 0.4) is 0 Å². The first kappa shape index (κ1) is 24.5. The number of piperazine rings is 1. The number of benzene rings is 2. The standard InChI is InChI=1S/C28H26F3N5O/c29-21-8-4-19(5-9-21)27-24(33-28(34-27)20-6-10-22(30)11-7-20)2-1-3-26(37)36-16-14-35(15-17-36)23-12-13-32-25(31)18-23/h4-13,18H,1-3,14-17H2,(H,33,34). The molecule has 0 atom stereocenters. The predicted molar refractivity (Wildman–Crippen MR) is 135 cm³/mol. The van der Waals surface area contributed by atoms with Gasteiger partial charge in [0, 0.05) is 67.4 Å². The Bertz CT molecular complexity index is 1360. The van der Waals surface area contributed by atoms with E-state index < -0.39 is 5.95 Å². The summed E-state index contributed by atoms with van der Waals surface area (Å²) in [7, 11) is 0. The van der Waals surface area contributed by atoms with Crippen LogP contribution >= 0.6 is 0 Å². The molecule has 1 aliphatic heterocycles. The zero-order valence-corrected chi connectivity index (χ0v) is 20.1. The maximum absolute atomic E-state index is 13.5. The minimum absolute atomic E-state index is 0.0714. The molecule has 4 aromatic rings. The van der Waals surface area contributed by atoms with Crippen molar-refractivity contribution in [3.63, 3.8) is 0 Å². The molecule has 1 N–H and O–H groups in total. The molecule has 9 heteroatoms. The molecule has 1 aliphatic rings. The van der Waals surface area contributed by atoms with Crippen LogP contribution in [0, 0.1) is 17.6 Å². The van der Waals surface area contributed by atoms with Crippen molar-refractivity contribution < 1.29 is 18.0 Å². The van der Waals surface area contributed by atoms with Crippen LogP contribution in [-0.4, -0.2) is 51.9 Å². The van der Waals surface area contributed by atoms with Gasteiger partial charge >= 0.3 is 0 Å². The summed E-state index contributed by atoms with van der Waals surface area (Å²) in [5, 5.41) is 0. The highest BCUT2D eigenvalue weighted by Gasteiger charge is 2.22. The van der Waals surface area contributed by atoms with Gasteiger partial charge in [-0.2, -0.15) is 4.39 Å². The Morgan fingerprint density at radius 1 is 0.865 bits per heavy atom. The average Bonchev–Trinajstić information content (AvgIpc) is 3.33. The van der Waals surface area contributed by atoms with Crippen molar-refractivity contribution in [3.8, 4) is 22.6 Å². The molecule has 190 valence electrons. The van der Waals surface area contributed by atoms with Crippen molar-refractivity contribution in [1.29, 1.82) is 0 Å². The van der Waals surface area contributed by atoms with Gasteiger partial charge in [-0.3, -0.25) is 4.79 Å². The second-order valence-electron chi connectivity index (χ2n) is 8.98. The zero-order valence-electron chi connectivity index (χ0n) is 20.1. The fraction of sp³-hybridized carbons (Fsp3) is 0.250. The number of hydrogen-bond donors (Lipinski definition) is 1. The molecule has 2 aromatic carbocycles. The molecular weight excluding hydrogens is 479 g/mol. The topological polar surface area (TPSA) is 65.1 Å². The van der Waals surface area contributed by atoms with Crippen LogP contribution in [0.2, 0.25) is 0 Å². The van der Waals surface area contributed by atoms with Crippen LogP contribution in [0.25, 0.3) is 22.6 Å². The van der Waals surface area contributed by atoms with Crippen LogP contribution in [0.5, 0.6) is 0 Å². The molecule has 6 nitrogen and oxygen atoms in total. The summed E-state index contributed by atoms with van der Waals surface area (Å²) in [6.07, 6.45) is 2.99. The second-order valence-corrected chi connectivity index (χ2v) is 8.98. The Morgan fingerprint density at radius 3 is 2.16 bits per heavy atom. The zero-order chi connectivity index (χ0) is 25.8. The summed E-state index contributed by atoms with van der Waals surface area (Å²) in [5.41, 5.74) is 3.78. The van der Waals surface area contributed by atoms with E-state index in [0.717, 1.165) is 22.5 Å². The third kappa shape index (κ3) is 5.82. The summed E-state index contributed by atoms with van der Waals surface area (Å²) in [4.78, 5) is 28.4. The van der Waals surface area contributed by atoms with E-state index in [1.165, 1.54) is 36.5 Å². The maximum Gasteiger partial charge on any atom is 0.222 e. The number of aromatic amines is 1. The van der Waals surface area contributed by atoms with Crippen molar-refractivity contribution in [2.75, 3.05) is 31.1 Å². The number of carbonyl (C=O) groups is 1. The molecule has 0 aliphatic carbocycles. The Kier molecular flexibility index (Phi) is 7.20. The van der Waals surface area contributed by atoms with Crippen molar-refractivity contribution in [2.24, 2.45) is 0 Å². The molecule has 3 heterocycles. The molecule has 5 rings (SSSR count).